The molecule has 3 nitrogen and oxygen atoms in total. The van der Waals surface area contributed by atoms with Crippen LogP contribution in [-0.4, -0.2) is 35.6 Å². The topological polar surface area (TPSA) is 40.5 Å². The molecule has 0 bridgehead atoms. The summed E-state index contributed by atoms with van der Waals surface area (Å²) in [5.74, 6) is 0.705. The summed E-state index contributed by atoms with van der Waals surface area (Å²) >= 11 is 0. The van der Waals surface area contributed by atoms with E-state index >= 15 is 0 Å². The van der Waals surface area contributed by atoms with E-state index in [9.17, 15) is 4.79 Å². The summed E-state index contributed by atoms with van der Waals surface area (Å²) in [5.41, 5.74) is -0.355. The van der Waals surface area contributed by atoms with E-state index in [1.165, 1.54) is 0 Å². The van der Waals surface area contributed by atoms with Crippen LogP contribution in [-0.2, 0) is 4.79 Å². The molecule has 0 aliphatic heterocycles. The molecule has 0 aromatic carbocycles. The Hall–Kier alpha value is -0.570. The predicted molar refractivity (Wildman–Crippen MR) is 62.6 cm³/mol. The largest absolute Gasteiger partial charge is 0.395 e. The number of aliphatic hydroxyl groups excluding tert-OH is 1. The normalized spacial score (nSPS) is 11.9. The van der Waals surface area contributed by atoms with Gasteiger partial charge in [0, 0.05) is 18.5 Å². The molecule has 0 rings (SSSR count). The smallest absolute Gasteiger partial charge is 0.228 e. The van der Waals surface area contributed by atoms with Crippen LogP contribution in [0.2, 0.25) is 0 Å². The average Bonchev–Trinajstić information content (AvgIpc) is 2.09. The molecule has 0 saturated heterocycles. The van der Waals surface area contributed by atoms with Crippen molar-refractivity contribution >= 4 is 5.91 Å². The molecule has 0 radical (unpaired) electrons. The molecule has 0 unspecified atom stereocenters. The molecule has 0 fully saturated rings. The van der Waals surface area contributed by atoms with Gasteiger partial charge in [-0.25, -0.2) is 0 Å². The molecule has 1 amide bonds. The summed E-state index contributed by atoms with van der Waals surface area (Å²) in [5, 5.41) is 8.92. The highest BCUT2D eigenvalue weighted by atomic mass is 16.3. The van der Waals surface area contributed by atoms with Crippen molar-refractivity contribution in [1.82, 2.24) is 4.90 Å². The van der Waals surface area contributed by atoms with E-state index in [4.69, 9.17) is 5.11 Å². The molecule has 0 aliphatic rings. The number of carbonyl (C=O) groups is 1. The molecule has 15 heavy (non-hydrogen) atoms. The van der Waals surface area contributed by atoms with Crippen molar-refractivity contribution in [2.24, 2.45) is 11.3 Å². The van der Waals surface area contributed by atoms with Crippen molar-refractivity contribution in [3.63, 3.8) is 0 Å². The van der Waals surface area contributed by atoms with Crippen LogP contribution in [0.3, 0.4) is 0 Å². The van der Waals surface area contributed by atoms with Gasteiger partial charge in [0.05, 0.1) is 6.61 Å². The van der Waals surface area contributed by atoms with Crippen molar-refractivity contribution in [3.8, 4) is 0 Å². The molecular weight excluding hydrogens is 190 g/mol. The predicted octanol–water partition coefficient (Wildman–Crippen LogP) is 1.90. The average molecular weight is 215 g/mol. The number of rotatable bonds is 5. The minimum Gasteiger partial charge on any atom is -0.395 e. The Balaban J connectivity index is 4.32. The highest BCUT2D eigenvalue weighted by Gasteiger charge is 2.26. The molecule has 0 aromatic rings. The van der Waals surface area contributed by atoms with Crippen LogP contribution in [0.15, 0.2) is 0 Å². The lowest BCUT2D eigenvalue weighted by molar-refractivity contribution is -0.140. The van der Waals surface area contributed by atoms with Gasteiger partial charge in [0.25, 0.3) is 0 Å². The second-order valence-corrected chi connectivity index (χ2v) is 5.45. The molecule has 0 spiro atoms. The standard InChI is InChI=1S/C12H25NO2/c1-10(2)6-7-13(8-9-14)11(15)12(3,4)5/h10,14H,6-9H2,1-5H3. The highest BCUT2D eigenvalue weighted by Crippen LogP contribution is 2.18. The Bertz CT molecular complexity index is 194. The molecule has 3 heteroatoms. The van der Waals surface area contributed by atoms with E-state index in [-0.39, 0.29) is 17.9 Å². The van der Waals surface area contributed by atoms with E-state index in [1.54, 1.807) is 4.90 Å². The first kappa shape index (κ1) is 14.4. The first-order valence-electron chi connectivity index (χ1n) is 5.69. The maximum absolute atomic E-state index is 12.0. The first-order chi connectivity index (χ1) is 6.79. The maximum Gasteiger partial charge on any atom is 0.228 e. The van der Waals surface area contributed by atoms with Gasteiger partial charge in [0.2, 0.25) is 5.91 Å². The van der Waals surface area contributed by atoms with E-state index in [0.717, 1.165) is 13.0 Å². The van der Waals surface area contributed by atoms with E-state index < -0.39 is 0 Å². The molecular formula is C12H25NO2. The third-order valence-electron chi connectivity index (χ3n) is 2.28. The number of aliphatic hydroxyl groups is 1. The third-order valence-corrected chi connectivity index (χ3v) is 2.28. The summed E-state index contributed by atoms with van der Waals surface area (Å²) in [4.78, 5) is 13.7. The van der Waals surface area contributed by atoms with Crippen molar-refractivity contribution in [2.45, 2.75) is 41.0 Å². The molecule has 0 atom stereocenters. The lowest BCUT2D eigenvalue weighted by atomic mass is 9.94. The fourth-order valence-corrected chi connectivity index (χ4v) is 1.32. The minimum absolute atomic E-state index is 0.0416. The zero-order chi connectivity index (χ0) is 12.1. The third kappa shape index (κ3) is 5.78. The molecule has 90 valence electrons. The molecule has 0 aliphatic carbocycles. The second kappa shape index (κ2) is 6.11. The molecule has 0 aromatic heterocycles. The molecule has 0 heterocycles. The van der Waals surface area contributed by atoms with Crippen molar-refractivity contribution < 1.29 is 9.90 Å². The van der Waals surface area contributed by atoms with Gasteiger partial charge in [-0.2, -0.15) is 0 Å². The van der Waals surface area contributed by atoms with Gasteiger partial charge >= 0.3 is 0 Å². The van der Waals surface area contributed by atoms with Crippen LogP contribution < -0.4 is 0 Å². The zero-order valence-electron chi connectivity index (χ0n) is 10.7. The van der Waals surface area contributed by atoms with Crippen LogP contribution in [0.1, 0.15) is 41.0 Å². The van der Waals surface area contributed by atoms with Crippen LogP contribution in [0.4, 0.5) is 0 Å². The Morgan fingerprint density at radius 1 is 1.27 bits per heavy atom. The Morgan fingerprint density at radius 3 is 2.13 bits per heavy atom. The van der Waals surface area contributed by atoms with Crippen LogP contribution in [0.25, 0.3) is 0 Å². The SMILES string of the molecule is CC(C)CCN(CCO)C(=O)C(C)(C)C. The van der Waals surface area contributed by atoms with Gasteiger partial charge < -0.3 is 10.0 Å². The van der Waals surface area contributed by atoms with E-state index in [0.29, 0.717) is 12.5 Å². The minimum atomic E-state index is -0.355. The van der Waals surface area contributed by atoms with Gasteiger partial charge in [-0.3, -0.25) is 4.79 Å². The van der Waals surface area contributed by atoms with Crippen molar-refractivity contribution in [2.75, 3.05) is 19.7 Å². The highest BCUT2D eigenvalue weighted by molar-refractivity contribution is 5.81. The Morgan fingerprint density at radius 2 is 1.80 bits per heavy atom. The van der Waals surface area contributed by atoms with Gasteiger partial charge in [-0.15, -0.1) is 0 Å². The molecule has 0 saturated carbocycles. The van der Waals surface area contributed by atoms with E-state index in [1.807, 2.05) is 20.8 Å². The summed E-state index contributed by atoms with van der Waals surface area (Å²) in [6, 6.07) is 0. The van der Waals surface area contributed by atoms with Crippen molar-refractivity contribution in [1.29, 1.82) is 0 Å². The Labute approximate surface area is 93.5 Å². The van der Waals surface area contributed by atoms with Gasteiger partial charge in [0.15, 0.2) is 0 Å². The fourth-order valence-electron chi connectivity index (χ4n) is 1.32. The number of carbonyl (C=O) groups excluding carboxylic acids is 1. The van der Waals surface area contributed by atoms with Gasteiger partial charge in [-0.05, 0) is 12.3 Å². The van der Waals surface area contributed by atoms with Crippen molar-refractivity contribution in [3.05, 3.63) is 0 Å². The second-order valence-electron chi connectivity index (χ2n) is 5.45. The van der Waals surface area contributed by atoms with Gasteiger partial charge in [0.1, 0.15) is 0 Å². The number of hydrogen-bond acceptors (Lipinski definition) is 2. The van der Waals surface area contributed by atoms with Crippen LogP contribution >= 0.6 is 0 Å². The number of hydrogen-bond donors (Lipinski definition) is 1. The summed E-state index contributed by atoms with van der Waals surface area (Å²) in [6.07, 6.45) is 0.988. The summed E-state index contributed by atoms with van der Waals surface area (Å²) in [7, 11) is 0. The summed E-state index contributed by atoms with van der Waals surface area (Å²) in [6.45, 7) is 11.2. The fraction of sp³-hybridized carbons (Fsp3) is 0.917. The summed E-state index contributed by atoms with van der Waals surface area (Å²) < 4.78 is 0. The van der Waals surface area contributed by atoms with Gasteiger partial charge in [-0.1, -0.05) is 34.6 Å². The lowest BCUT2D eigenvalue weighted by Gasteiger charge is -2.29. The molecule has 1 N–H and O–H groups in total. The number of amides is 1. The lowest BCUT2D eigenvalue weighted by Crippen LogP contribution is -2.41. The van der Waals surface area contributed by atoms with E-state index in [2.05, 4.69) is 13.8 Å². The van der Waals surface area contributed by atoms with Crippen LogP contribution in [0.5, 0.6) is 0 Å². The van der Waals surface area contributed by atoms with Crippen LogP contribution in [0, 0.1) is 11.3 Å². The first-order valence-corrected chi connectivity index (χ1v) is 5.69. The number of nitrogens with zero attached hydrogens (tertiary/aromatic N) is 1. The Kier molecular flexibility index (Phi) is 5.88. The zero-order valence-corrected chi connectivity index (χ0v) is 10.7. The maximum atomic E-state index is 12.0. The monoisotopic (exact) mass is 215 g/mol. The quantitative estimate of drug-likeness (QED) is 0.761.